The molecular formula is C19H23NO4. The van der Waals surface area contributed by atoms with Crippen LogP contribution in [0.3, 0.4) is 0 Å². The van der Waals surface area contributed by atoms with Crippen molar-refractivity contribution in [2.75, 3.05) is 20.2 Å². The Morgan fingerprint density at radius 2 is 2.25 bits per heavy atom. The molecule has 1 aromatic rings. The Bertz CT molecular complexity index is 718. The summed E-state index contributed by atoms with van der Waals surface area (Å²) >= 11 is 0. The summed E-state index contributed by atoms with van der Waals surface area (Å²) in [5.74, 6) is 1.78. The summed E-state index contributed by atoms with van der Waals surface area (Å²) in [6.45, 7) is 3.39. The Morgan fingerprint density at radius 1 is 1.38 bits per heavy atom. The van der Waals surface area contributed by atoms with Crippen LogP contribution in [0, 0.1) is 5.92 Å². The first-order chi connectivity index (χ1) is 11.7. The first-order valence-electron chi connectivity index (χ1n) is 8.86. The standard InChI is InChI=1S/C19H23NO4/c1-3-22-24-15-7-4-11-10-13-12-5-6-14(21)18-19(12,8-9-20(13)2)16(11)17(15)23-18/h4-7,12-14,18,21H,3,8-10H2,1-2H3/t12-,13+,14-,18-,19-/m0/s1. The molecule has 2 aliphatic heterocycles. The number of aliphatic hydroxyl groups excluding tert-OH is 1. The number of hydrogen-bond acceptors (Lipinski definition) is 5. The molecule has 1 aromatic carbocycles. The minimum Gasteiger partial charge on any atom is -0.482 e. The van der Waals surface area contributed by atoms with Crippen molar-refractivity contribution in [3.63, 3.8) is 0 Å². The average molecular weight is 329 g/mol. The van der Waals surface area contributed by atoms with Crippen LogP contribution in [0.5, 0.6) is 11.5 Å². The predicted molar refractivity (Wildman–Crippen MR) is 88.2 cm³/mol. The minimum atomic E-state index is -0.580. The second-order valence-corrected chi connectivity index (χ2v) is 7.40. The van der Waals surface area contributed by atoms with Gasteiger partial charge in [0.15, 0.2) is 5.75 Å². The highest BCUT2D eigenvalue weighted by atomic mass is 17.2. The third kappa shape index (κ3) is 1.65. The lowest BCUT2D eigenvalue weighted by molar-refractivity contribution is -0.203. The fraction of sp³-hybridized carbons (Fsp3) is 0.579. The Hall–Kier alpha value is -1.56. The van der Waals surface area contributed by atoms with Gasteiger partial charge in [-0.2, -0.15) is 4.89 Å². The molecule has 0 saturated carbocycles. The molecule has 1 spiro atoms. The van der Waals surface area contributed by atoms with Gasteiger partial charge in [0, 0.05) is 22.9 Å². The zero-order valence-corrected chi connectivity index (χ0v) is 14.1. The summed E-state index contributed by atoms with van der Waals surface area (Å²) in [7, 11) is 2.21. The lowest BCUT2D eigenvalue weighted by Gasteiger charge is -2.56. The molecule has 0 radical (unpaired) electrons. The molecule has 1 fully saturated rings. The maximum Gasteiger partial charge on any atom is 0.207 e. The van der Waals surface area contributed by atoms with Gasteiger partial charge in [0.2, 0.25) is 5.75 Å². The molecule has 0 unspecified atom stereocenters. The van der Waals surface area contributed by atoms with Gasteiger partial charge in [0.05, 0.1) is 6.61 Å². The Labute approximate surface area is 141 Å². The van der Waals surface area contributed by atoms with Gasteiger partial charge >= 0.3 is 0 Å². The molecule has 0 aromatic heterocycles. The topological polar surface area (TPSA) is 51.2 Å². The van der Waals surface area contributed by atoms with E-state index in [0.717, 1.165) is 25.1 Å². The molecule has 1 saturated heterocycles. The van der Waals surface area contributed by atoms with Gasteiger partial charge in [0.1, 0.15) is 12.2 Å². The van der Waals surface area contributed by atoms with E-state index in [9.17, 15) is 5.11 Å². The van der Waals surface area contributed by atoms with E-state index in [1.807, 2.05) is 19.1 Å². The summed E-state index contributed by atoms with van der Waals surface area (Å²) in [5.41, 5.74) is 2.44. The van der Waals surface area contributed by atoms with E-state index >= 15 is 0 Å². The molecule has 2 bridgehead atoms. The van der Waals surface area contributed by atoms with E-state index in [1.165, 1.54) is 11.1 Å². The quantitative estimate of drug-likeness (QED) is 0.521. The van der Waals surface area contributed by atoms with E-state index in [-0.39, 0.29) is 11.5 Å². The molecule has 5 rings (SSSR count). The lowest BCUT2D eigenvalue weighted by atomic mass is 9.53. The largest absolute Gasteiger partial charge is 0.482 e. The second kappa shape index (κ2) is 4.97. The third-order valence-corrected chi connectivity index (χ3v) is 6.40. The van der Waals surface area contributed by atoms with Crippen LogP contribution in [-0.4, -0.2) is 48.5 Å². The maximum absolute atomic E-state index is 10.6. The highest BCUT2D eigenvalue weighted by molar-refractivity contribution is 5.62. The molecule has 5 nitrogen and oxygen atoms in total. The van der Waals surface area contributed by atoms with Crippen LogP contribution in [0.15, 0.2) is 24.3 Å². The van der Waals surface area contributed by atoms with E-state index < -0.39 is 6.10 Å². The van der Waals surface area contributed by atoms with Crippen molar-refractivity contribution in [2.24, 2.45) is 5.92 Å². The van der Waals surface area contributed by atoms with Crippen LogP contribution < -0.4 is 9.62 Å². The predicted octanol–water partition coefficient (Wildman–Crippen LogP) is 1.82. The first kappa shape index (κ1) is 14.8. The van der Waals surface area contributed by atoms with E-state index in [1.54, 1.807) is 0 Å². The number of piperidine rings is 1. The van der Waals surface area contributed by atoms with Crippen molar-refractivity contribution < 1.29 is 19.6 Å². The molecular weight excluding hydrogens is 306 g/mol. The van der Waals surface area contributed by atoms with Crippen LogP contribution >= 0.6 is 0 Å². The fourth-order valence-electron chi connectivity index (χ4n) is 5.42. The molecule has 2 aliphatic carbocycles. The highest BCUT2D eigenvalue weighted by Gasteiger charge is 2.64. The summed E-state index contributed by atoms with van der Waals surface area (Å²) in [6.07, 6.45) is 5.33. The highest BCUT2D eigenvalue weighted by Crippen LogP contribution is 2.62. The zero-order chi connectivity index (χ0) is 16.5. The monoisotopic (exact) mass is 329 g/mol. The summed E-state index contributed by atoms with van der Waals surface area (Å²) in [6, 6.07) is 4.55. The average Bonchev–Trinajstić information content (AvgIpc) is 2.94. The summed E-state index contributed by atoms with van der Waals surface area (Å²) in [4.78, 5) is 13.1. The first-order valence-corrected chi connectivity index (χ1v) is 8.86. The molecule has 5 atom stereocenters. The van der Waals surface area contributed by atoms with E-state index in [0.29, 0.717) is 24.3 Å². The van der Waals surface area contributed by atoms with Crippen molar-refractivity contribution in [1.82, 2.24) is 4.90 Å². The number of likely N-dealkylation sites (N-methyl/N-ethyl adjacent to an activating group) is 1. The number of ether oxygens (including phenoxy) is 1. The zero-order valence-electron chi connectivity index (χ0n) is 14.1. The number of nitrogens with zero attached hydrogens (tertiary/aromatic N) is 1. The van der Waals surface area contributed by atoms with Crippen LogP contribution in [-0.2, 0) is 16.7 Å². The molecule has 128 valence electrons. The van der Waals surface area contributed by atoms with Gasteiger partial charge in [-0.05, 0) is 45.0 Å². The van der Waals surface area contributed by atoms with Crippen molar-refractivity contribution in [2.45, 2.75) is 43.4 Å². The Morgan fingerprint density at radius 3 is 3.08 bits per heavy atom. The number of likely N-dealkylation sites (tertiary alicyclic amines) is 1. The van der Waals surface area contributed by atoms with Crippen LogP contribution in [0.2, 0.25) is 0 Å². The molecule has 2 heterocycles. The lowest BCUT2D eigenvalue weighted by Crippen LogP contribution is -2.64. The van der Waals surface area contributed by atoms with Crippen molar-refractivity contribution in [1.29, 1.82) is 0 Å². The van der Waals surface area contributed by atoms with Crippen molar-refractivity contribution >= 4 is 0 Å². The molecule has 1 N–H and O–H groups in total. The maximum atomic E-state index is 10.6. The molecule has 0 amide bonds. The van der Waals surface area contributed by atoms with Gasteiger partial charge in [-0.3, -0.25) is 0 Å². The van der Waals surface area contributed by atoms with E-state index in [4.69, 9.17) is 14.5 Å². The molecule has 4 aliphatic rings. The summed E-state index contributed by atoms with van der Waals surface area (Å²) in [5, 5.41) is 10.6. The van der Waals surface area contributed by atoms with Crippen molar-refractivity contribution in [3.05, 3.63) is 35.4 Å². The number of hydrogen-bond donors (Lipinski definition) is 1. The van der Waals surface area contributed by atoms with Gasteiger partial charge < -0.3 is 19.6 Å². The van der Waals surface area contributed by atoms with Crippen molar-refractivity contribution in [3.8, 4) is 11.5 Å². The van der Waals surface area contributed by atoms with Gasteiger partial charge in [-0.25, -0.2) is 0 Å². The molecule has 5 heteroatoms. The number of rotatable bonds is 3. The molecule has 24 heavy (non-hydrogen) atoms. The van der Waals surface area contributed by atoms with Gasteiger partial charge in [0.25, 0.3) is 0 Å². The van der Waals surface area contributed by atoms with Crippen LogP contribution in [0.4, 0.5) is 0 Å². The van der Waals surface area contributed by atoms with Gasteiger partial charge in [-0.1, -0.05) is 18.2 Å². The normalized spacial score (nSPS) is 38.6. The summed E-state index contributed by atoms with van der Waals surface area (Å²) < 4.78 is 6.33. The number of aliphatic hydroxyl groups is 1. The second-order valence-electron chi connectivity index (χ2n) is 7.40. The smallest absolute Gasteiger partial charge is 0.207 e. The fourth-order valence-corrected chi connectivity index (χ4v) is 5.42. The minimum absolute atomic E-state index is 0.139. The van der Waals surface area contributed by atoms with Gasteiger partial charge in [-0.15, -0.1) is 0 Å². The number of benzene rings is 1. The van der Waals surface area contributed by atoms with Crippen LogP contribution in [0.25, 0.3) is 0 Å². The Balaban J connectivity index is 1.72. The Kier molecular flexibility index (Phi) is 3.06. The van der Waals surface area contributed by atoms with Crippen LogP contribution in [0.1, 0.15) is 24.5 Å². The SMILES string of the molecule is CCOOc1ccc2c3c1O[C@H]1[C@@H](O)C=C[C@H]4[C@@H](C2)N(C)CC[C@@]341. The van der Waals surface area contributed by atoms with E-state index in [2.05, 4.69) is 24.1 Å². The third-order valence-electron chi connectivity index (χ3n) is 6.40.